The number of aromatic carboxylic acids is 1. The Morgan fingerprint density at radius 3 is 2.65 bits per heavy atom. The number of aryl methyl sites for hydroxylation is 2. The highest BCUT2D eigenvalue weighted by atomic mass is 32.1. The summed E-state index contributed by atoms with van der Waals surface area (Å²) in [6.07, 6.45) is 11.8. The second-order valence-electron chi connectivity index (χ2n) is 9.31. The minimum Gasteiger partial charge on any atom is -0.477 e. The number of carboxylic acids is 1. The Morgan fingerprint density at radius 1 is 1.12 bits per heavy atom. The van der Waals surface area contributed by atoms with Gasteiger partial charge in [0, 0.05) is 17.8 Å². The number of aliphatic hydroxyl groups excluding tert-OH is 1. The van der Waals surface area contributed by atoms with E-state index in [1.54, 1.807) is 6.07 Å². The highest BCUT2D eigenvalue weighted by Crippen LogP contribution is 2.23. The lowest BCUT2D eigenvalue weighted by Gasteiger charge is -2.23. The zero-order valence-electron chi connectivity index (χ0n) is 20.1. The van der Waals surface area contributed by atoms with E-state index in [1.165, 1.54) is 29.7 Å². The predicted molar refractivity (Wildman–Crippen MR) is 137 cm³/mol. The molecule has 1 aromatic carbocycles. The SMILES string of the molecule is C[C@H](CCCCCc1ccccc1)[C@@H](O)C=CC1CCC(=O)N1CCCc1ccc(C(=O)O)s1. The third-order valence-corrected chi connectivity index (χ3v) is 7.78. The smallest absolute Gasteiger partial charge is 0.345 e. The average Bonchev–Trinajstić information content (AvgIpc) is 3.45. The maximum atomic E-state index is 12.4. The number of benzene rings is 1. The van der Waals surface area contributed by atoms with E-state index in [4.69, 9.17) is 5.11 Å². The molecule has 0 aliphatic carbocycles. The molecule has 2 aromatic rings. The van der Waals surface area contributed by atoms with Crippen LogP contribution >= 0.6 is 11.3 Å². The summed E-state index contributed by atoms with van der Waals surface area (Å²) in [6, 6.07) is 14.1. The highest BCUT2D eigenvalue weighted by Gasteiger charge is 2.28. The van der Waals surface area contributed by atoms with Crippen LogP contribution in [0.2, 0.25) is 0 Å². The quantitative estimate of drug-likeness (QED) is 0.266. The van der Waals surface area contributed by atoms with Gasteiger partial charge in [0.25, 0.3) is 0 Å². The number of unbranched alkanes of at least 4 members (excludes halogenated alkanes) is 2. The highest BCUT2D eigenvalue weighted by molar-refractivity contribution is 7.13. The van der Waals surface area contributed by atoms with Crippen molar-refractivity contribution in [3.8, 4) is 0 Å². The molecule has 6 heteroatoms. The molecule has 0 saturated carbocycles. The fourth-order valence-corrected chi connectivity index (χ4v) is 5.41. The third kappa shape index (κ3) is 8.10. The normalized spacial score (nSPS) is 18.0. The topological polar surface area (TPSA) is 77.8 Å². The van der Waals surface area contributed by atoms with Crippen LogP contribution in [0.3, 0.4) is 0 Å². The Hall–Kier alpha value is -2.44. The van der Waals surface area contributed by atoms with Gasteiger partial charge in [-0.25, -0.2) is 4.79 Å². The summed E-state index contributed by atoms with van der Waals surface area (Å²) >= 11 is 1.30. The van der Waals surface area contributed by atoms with Crippen molar-refractivity contribution < 1.29 is 19.8 Å². The van der Waals surface area contributed by atoms with Crippen molar-refractivity contribution in [3.05, 3.63) is 69.9 Å². The zero-order valence-corrected chi connectivity index (χ0v) is 20.9. The van der Waals surface area contributed by atoms with Crippen molar-refractivity contribution in [3.63, 3.8) is 0 Å². The van der Waals surface area contributed by atoms with Crippen LogP contribution < -0.4 is 0 Å². The van der Waals surface area contributed by atoms with Crippen LogP contribution in [0.15, 0.2) is 54.6 Å². The molecule has 0 spiro atoms. The summed E-state index contributed by atoms with van der Waals surface area (Å²) < 4.78 is 0. The molecule has 0 radical (unpaired) electrons. The molecular weight excluding hydrogens is 446 g/mol. The van der Waals surface area contributed by atoms with Crippen LogP contribution in [-0.4, -0.2) is 45.7 Å². The molecule has 1 saturated heterocycles. The van der Waals surface area contributed by atoms with Gasteiger partial charge in [0.05, 0.1) is 12.1 Å². The van der Waals surface area contributed by atoms with Crippen molar-refractivity contribution >= 4 is 23.2 Å². The molecule has 34 heavy (non-hydrogen) atoms. The number of rotatable bonds is 14. The fraction of sp³-hybridized carbons (Fsp3) is 0.500. The number of amides is 1. The number of carbonyl (C=O) groups is 2. The lowest BCUT2D eigenvalue weighted by molar-refractivity contribution is -0.128. The van der Waals surface area contributed by atoms with Gasteiger partial charge in [0.1, 0.15) is 4.88 Å². The maximum Gasteiger partial charge on any atom is 0.345 e. The Bertz CT molecular complexity index is 939. The van der Waals surface area contributed by atoms with Crippen molar-refractivity contribution in [2.75, 3.05) is 6.54 Å². The molecule has 1 unspecified atom stereocenters. The van der Waals surface area contributed by atoms with Gasteiger partial charge >= 0.3 is 5.97 Å². The standard InChI is InChI=1S/C28H37NO4S/c1-21(9-4-2-5-10-22-11-6-3-7-12-22)25(30)17-14-23-15-19-27(31)29(23)20-8-13-24-16-18-26(34-24)28(32)33/h3,6-7,11-12,14,16-18,21,23,25,30H,2,4-5,8-10,13,15,19-20H2,1H3,(H,32,33)/t21-,23?,25+/m1/s1. The van der Waals surface area contributed by atoms with Gasteiger partial charge in [-0.15, -0.1) is 11.3 Å². The van der Waals surface area contributed by atoms with E-state index >= 15 is 0 Å². The van der Waals surface area contributed by atoms with Gasteiger partial charge in [-0.05, 0) is 62.1 Å². The second kappa shape index (κ2) is 13.4. The van der Waals surface area contributed by atoms with Gasteiger partial charge in [0.2, 0.25) is 5.91 Å². The minimum atomic E-state index is -0.892. The van der Waals surface area contributed by atoms with Gasteiger partial charge in [-0.1, -0.05) is 62.2 Å². The number of thiophene rings is 1. The van der Waals surface area contributed by atoms with E-state index in [0.29, 0.717) is 17.8 Å². The van der Waals surface area contributed by atoms with Gasteiger partial charge < -0.3 is 15.1 Å². The Kier molecular flexibility index (Phi) is 10.4. The number of hydrogen-bond donors (Lipinski definition) is 2. The fourth-order valence-electron chi connectivity index (χ4n) is 4.52. The number of likely N-dealkylation sites (tertiary alicyclic amines) is 1. The first-order valence-corrected chi connectivity index (χ1v) is 13.3. The first-order chi connectivity index (χ1) is 16.4. The molecule has 1 aliphatic heterocycles. The summed E-state index contributed by atoms with van der Waals surface area (Å²) in [5.41, 5.74) is 1.38. The van der Waals surface area contributed by atoms with Crippen LogP contribution in [0.4, 0.5) is 0 Å². The van der Waals surface area contributed by atoms with Crippen LogP contribution in [0.5, 0.6) is 0 Å². The lowest BCUT2D eigenvalue weighted by Crippen LogP contribution is -2.33. The van der Waals surface area contributed by atoms with Crippen molar-refractivity contribution in [1.29, 1.82) is 0 Å². The number of carboxylic acid groups (broad SMARTS) is 1. The number of carbonyl (C=O) groups excluding carboxylic acids is 1. The molecule has 1 fully saturated rings. The monoisotopic (exact) mass is 483 g/mol. The van der Waals surface area contributed by atoms with Crippen LogP contribution in [0.1, 0.15) is 72.0 Å². The van der Waals surface area contributed by atoms with E-state index in [0.717, 1.165) is 43.4 Å². The first-order valence-electron chi connectivity index (χ1n) is 12.5. The van der Waals surface area contributed by atoms with E-state index in [-0.39, 0.29) is 17.9 Å². The van der Waals surface area contributed by atoms with Crippen LogP contribution in [0, 0.1) is 5.92 Å². The van der Waals surface area contributed by atoms with E-state index < -0.39 is 12.1 Å². The number of aliphatic hydroxyl groups is 1. The van der Waals surface area contributed by atoms with Gasteiger partial charge in [0.15, 0.2) is 0 Å². The van der Waals surface area contributed by atoms with E-state index in [9.17, 15) is 14.7 Å². The molecule has 3 rings (SSSR count). The van der Waals surface area contributed by atoms with Crippen molar-refractivity contribution in [2.45, 2.75) is 76.9 Å². The van der Waals surface area contributed by atoms with Crippen molar-refractivity contribution in [1.82, 2.24) is 4.90 Å². The summed E-state index contributed by atoms with van der Waals surface area (Å²) in [6.45, 7) is 2.75. The summed E-state index contributed by atoms with van der Waals surface area (Å²) in [7, 11) is 0. The molecule has 3 atom stereocenters. The molecule has 1 aromatic heterocycles. The molecule has 1 amide bonds. The molecule has 1 aliphatic rings. The van der Waals surface area contributed by atoms with Crippen molar-refractivity contribution in [2.24, 2.45) is 5.92 Å². The lowest BCUT2D eigenvalue weighted by atomic mass is 9.95. The zero-order chi connectivity index (χ0) is 24.3. The predicted octanol–water partition coefficient (Wildman–Crippen LogP) is 5.73. The Labute approximate surface area is 207 Å². The summed E-state index contributed by atoms with van der Waals surface area (Å²) in [4.78, 5) is 26.7. The Balaban J connectivity index is 1.37. The summed E-state index contributed by atoms with van der Waals surface area (Å²) in [5, 5.41) is 19.7. The maximum absolute atomic E-state index is 12.4. The molecule has 0 bridgehead atoms. The van der Waals surface area contributed by atoms with E-state index in [2.05, 4.69) is 31.2 Å². The number of hydrogen-bond acceptors (Lipinski definition) is 4. The number of nitrogens with zero attached hydrogens (tertiary/aromatic N) is 1. The minimum absolute atomic E-state index is 0.0399. The Morgan fingerprint density at radius 2 is 1.91 bits per heavy atom. The molecule has 2 N–H and O–H groups in total. The molecule has 2 heterocycles. The average molecular weight is 484 g/mol. The first kappa shape index (κ1) is 26.2. The largest absolute Gasteiger partial charge is 0.477 e. The second-order valence-corrected chi connectivity index (χ2v) is 10.5. The molecular formula is C28H37NO4S. The van der Waals surface area contributed by atoms with Crippen LogP contribution in [-0.2, 0) is 17.6 Å². The molecule has 5 nitrogen and oxygen atoms in total. The van der Waals surface area contributed by atoms with Crippen LogP contribution in [0.25, 0.3) is 0 Å². The van der Waals surface area contributed by atoms with E-state index in [1.807, 2.05) is 29.2 Å². The summed E-state index contributed by atoms with van der Waals surface area (Å²) in [5.74, 6) is -0.537. The van der Waals surface area contributed by atoms with Gasteiger partial charge in [-0.3, -0.25) is 4.79 Å². The van der Waals surface area contributed by atoms with Gasteiger partial charge in [-0.2, -0.15) is 0 Å². The molecule has 184 valence electrons. The third-order valence-electron chi connectivity index (χ3n) is 6.65.